The summed E-state index contributed by atoms with van der Waals surface area (Å²) in [7, 11) is -2.26. The molecule has 1 heterocycles. The van der Waals surface area contributed by atoms with Crippen molar-refractivity contribution >= 4 is 33.5 Å². The average molecular weight is 469 g/mol. The van der Waals surface area contributed by atoms with Crippen molar-refractivity contribution in [1.82, 2.24) is 9.21 Å². The SMILES string of the molecule is COc1ccc(C(=O)OCC(=O)N2CCN(S(=O)(=O)c3ccc(Cl)cc3)CC2)c(O)c1. The molecule has 0 aliphatic carbocycles. The molecule has 1 aliphatic heterocycles. The van der Waals surface area contributed by atoms with Crippen molar-refractivity contribution in [3.8, 4) is 11.5 Å². The van der Waals surface area contributed by atoms with Gasteiger partial charge in [0.2, 0.25) is 10.0 Å². The fourth-order valence-electron chi connectivity index (χ4n) is 3.04. The molecule has 9 nitrogen and oxygen atoms in total. The number of sulfonamides is 1. The maximum Gasteiger partial charge on any atom is 0.342 e. The Kier molecular flexibility index (Phi) is 7.04. The third kappa shape index (κ3) is 5.27. The fraction of sp³-hybridized carbons (Fsp3) is 0.300. The number of piperazine rings is 1. The van der Waals surface area contributed by atoms with Crippen molar-refractivity contribution in [2.24, 2.45) is 0 Å². The van der Waals surface area contributed by atoms with Crippen LogP contribution in [0, 0.1) is 0 Å². The van der Waals surface area contributed by atoms with Crippen molar-refractivity contribution in [3.63, 3.8) is 0 Å². The molecule has 1 saturated heterocycles. The fourth-order valence-corrected chi connectivity index (χ4v) is 4.59. The van der Waals surface area contributed by atoms with Crippen molar-refractivity contribution in [1.29, 1.82) is 0 Å². The first kappa shape index (κ1) is 22.9. The topological polar surface area (TPSA) is 113 Å². The largest absolute Gasteiger partial charge is 0.507 e. The van der Waals surface area contributed by atoms with E-state index in [-0.39, 0.29) is 42.4 Å². The van der Waals surface area contributed by atoms with E-state index in [1.807, 2.05) is 0 Å². The number of methoxy groups -OCH3 is 1. The van der Waals surface area contributed by atoms with E-state index < -0.39 is 28.5 Å². The van der Waals surface area contributed by atoms with Gasteiger partial charge in [-0.15, -0.1) is 0 Å². The number of carbonyl (C=O) groups excluding carboxylic acids is 2. The Hall–Kier alpha value is -2.82. The number of hydrogen-bond donors (Lipinski definition) is 1. The summed E-state index contributed by atoms with van der Waals surface area (Å²) in [5.74, 6) is -1.25. The third-order valence-electron chi connectivity index (χ3n) is 4.79. The van der Waals surface area contributed by atoms with Crippen LogP contribution >= 0.6 is 11.6 Å². The highest BCUT2D eigenvalue weighted by Gasteiger charge is 2.30. The number of nitrogens with zero attached hydrogens (tertiary/aromatic N) is 2. The summed E-state index contributed by atoms with van der Waals surface area (Å²) < 4.78 is 36.6. The number of ether oxygens (including phenoxy) is 2. The maximum atomic E-state index is 12.7. The number of carbonyl (C=O) groups is 2. The summed E-state index contributed by atoms with van der Waals surface area (Å²) in [5.41, 5.74) is -0.0903. The molecular weight excluding hydrogens is 448 g/mol. The van der Waals surface area contributed by atoms with Gasteiger partial charge in [0.15, 0.2) is 6.61 Å². The quantitative estimate of drug-likeness (QED) is 0.642. The molecule has 2 aromatic rings. The summed E-state index contributed by atoms with van der Waals surface area (Å²) in [6.07, 6.45) is 0. The van der Waals surface area contributed by atoms with Gasteiger partial charge in [-0.2, -0.15) is 4.31 Å². The van der Waals surface area contributed by atoms with Crippen LogP contribution in [0.1, 0.15) is 10.4 Å². The molecule has 31 heavy (non-hydrogen) atoms. The smallest absolute Gasteiger partial charge is 0.342 e. The van der Waals surface area contributed by atoms with E-state index in [0.717, 1.165) is 0 Å². The Morgan fingerprint density at radius 2 is 1.71 bits per heavy atom. The Bertz CT molecular complexity index is 1070. The molecule has 2 aromatic carbocycles. The van der Waals surface area contributed by atoms with Crippen LogP contribution in [0.15, 0.2) is 47.4 Å². The van der Waals surface area contributed by atoms with Crippen LogP contribution in [-0.4, -0.2) is 74.5 Å². The molecule has 3 rings (SSSR count). The zero-order valence-electron chi connectivity index (χ0n) is 16.7. The molecule has 11 heteroatoms. The summed E-state index contributed by atoms with van der Waals surface area (Å²) in [6, 6.07) is 9.96. The highest BCUT2D eigenvalue weighted by atomic mass is 35.5. The van der Waals surface area contributed by atoms with Gasteiger partial charge in [0.1, 0.15) is 17.1 Å². The molecular formula is C20H21ClN2O7S. The van der Waals surface area contributed by atoms with Crippen LogP contribution in [0.2, 0.25) is 5.02 Å². The van der Waals surface area contributed by atoms with E-state index in [4.69, 9.17) is 21.1 Å². The molecule has 0 unspecified atom stereocenters. The lowest BCUT2D eigenvalue weighted by atomic mass is 10.2. The first-order chi connectivity index (χ1) is 14.7. The average Bonchev–Trinajstić information content (AvgIpc) is 2.77. The maximum absolute atomic E-state index is 12.7. The molecule has 0 atom stereocenters. The van der Waals surface area contributed by atoms with Gasteiger partial charge in [0.25, 0.3) is 5.91 Å². The molecule has 0 radical (unpaired) electrons. The van der Waals surface area contributed by atoms with Gasteiger partial charge < -0.3 is 19.5 Å². The number of benzene rings is 2. The van der Waals surface area contributed by atoms with E-state index in [9.17, 15) is 23.1 Å². The summed E-state index contributed by atoms with van der Waals surface area (Å²) >= 11 is 5.81. The van der Waals surface area contributed by atoms with E-state index in [1.165, 1.54) is 58.8 Å². The molecule has 166 valence electrons. The minimum atomic E-state index is -3.69. The predicted octanol–water partition coefficient (Wildman–Crippen LogP) is 1.74. The number of esters is 1. The van der Waals surface area contributed by atoms with Crippen LogP contribution in [0.4, 0.5) is 0 Å². The van der Waals surface area contributed by atoms with Gasteiger partial charge >= 0.3 is 5.97 Å². The van der Waals surface area contributed by atoms with Crippen molar-refractivity contribution < 1.29 is 32.6 Å². The predicted molar refractivity (Wildman–Crippen MR) is 112 cm³/mol. The van der Waals surface area contributed by atoms with Gasteiger partial charge in [0.05, 0.1) is 12.0 Å². The van der Waals surface area contributed by atoms with Gasteiger partial charge in [0, 0.05) is 37.3 Å². The number of hydrogen-bond acceptors (Lipinski definition) is 7. The number of phenolic OH excluding ortho intramolecular Hbond substituents is 1. The van der Waals surface area contributed by atoms with E-state index in [2.05, 4.69) is 0 Å². The number of halogens is 1. The van der Waals surface area contributed by atoms with Crippen LogP contribution in [0.3, 0.4) is 0 Å². The Morgan fingerprint density at radius 3 is 2.29 bits per heavy atom. The summed E-state index contributed by atoms with van der Waals surface area (Å²) in [5, 5.41) is 10.3. The van der Waals surface area contributed by atoms with Crippen LogP contribution in [0.5, 0.6) is 11.5 Å². The minimum Gasteiger partial charge on any atom is -0.507 e. The minimum absolute atomic E-state index is 0.0903. The van der Waals surface area contributed by atoms with Crippen molar-refractivity contribution in [2.45, 2.75) is 4.90 Å². The Labute approximate surface area is 184 Å². The van der Waals surface area contributed by atoms with Crippen LogP contribution < -0.4 is 4.74 Å². The monoisotopic (exact) mass is 468 g/mol. The number of aromatic hydroxyl groups is 1. The molecule has 0 bridgehead atoms. The number of rotatable bonds is 6. The zero-order chi connectivity index (χ0) is 22.6. The molecule has 1 fully saturated rings. The van der Waals surface area contributed by atoms with Crippen molar-refractivity contribution in [2.75, 3.05) is 39.9 Å². The van der Waals surface area contributed by atoms with Crippen molar-refractivity contribution in [3.05, 3.63) is 53.1 Å². The second-order valence-corrected chi connectivity index (χ2v) is 9.07. The first-order valence-electron chi connectivity index (χ1n) is 9.30. The highest BCUT2D eigenvalue weighted by Crippen LogP contribution is 2.24. The van der Waals surface area contributed by atoms with E-state index >= 15 is 0 Å². The standard InChI is InChI=1S/C20H21ClN2O7S/c1-29-15-4-7-17(18(24)12-15)20(26)30-13-19(25)22-8-10-23(11-9-22)31(27,28)16-5-2-14(21)3-6-16/h2-7,12,24H,8-11,13H2,1H3. The van der Waals surface area contributed by atoms with Gasteiger partial charge in [-0.05, 0) is 36.4 Å². The Balaban J connectivity index is 1.53. The van der Waals surface area contributed by atoms with Gasteiger partial charge in [-0.1, -0.05) is 11.6 Å². The van der Waals surface area contributed by atoms with Crippen LogP contribution in [-0.2, 0) is 19.6 Å². The van der Waals surface area contributed by atoms with Crippen LogP contribution in [0.25, 0.3) is 0 Å². The zero-order valence-corrected chi connectivity index (χ0v) is 18.2. The molecule has 1 aliphatic rings. The highest BCUT2D eigenvalue weighted by molar-refractivity contribution is 7.89. The molecule has 1 amide bonds. The molecule has 1 N–H and O–H groups in total. The molecule has 0 aromatic heterocycles. The second kappa shape index (κ2) is 9.54. The van der Waals surface area contributed by atoms with Gasteiger partial charge in [-0.25, -0.2) is 13.2 Å². The first-order valence-corrected chi connectivity index (χ1v) is 11.1. The van der Waals surface area contributed by atoms with Gasteiger partial charge in [-0.3, -0.25) is 4.79 Å². The molecule has 0 saturated carbocycles. The lowest BCUT2D eigenvalue weighted by molar-refractivity contribution is -0.135. The second-order valence-electron chi connectivity index (χ2n) is 6.70. The van der Waals surface area contributed by atoms with E-state index in [1.54, 1.807) is 0 Å². The summed E-state index contributed by atoms with van der Waals surface area (Å²) in [6.45, 7) is 0.0377. The number of phenols is 1. The lowest BCUT2D eigenvalue weighted by Gasteiger charge is -2.33. The third-order valence-corrected chi connectivity index (χ3v) is 6.96. The van der Waals surface area contributed by atoms with E-state index in [0.29, 0.717) is 10.8 Å². The Morgan fingerprint density at radius 1 is 1.06 bits per heavy atom. The lowest BCUT2D eigenvalue weighted by Crippen LogP contribution is -2.51. The normalized spacial score (nSPS) is 14.8. The number of amides is 1. The summed E-state index contributed by atoms with van der Waals surface area (Å²) in [4.78, 5) is 26.0. The molecule has 0 spiro atoms.